The van der Waals surface area contributed by atoms with Gasteiger partial charge in [-0.05, 0) is 42.4 Å². The van der Waals surface area contributed by atoms with Gasteiger partial charge in [0.25, 0.3) is 0 Å². The van der Waals surface area contributed by atoms with Crippen LogP contribution in [0.5, 0.6) is 0 Å². The minimum Gasteiger partial charge on any atom is -0.436 e. The highest BCUT2D eigenvalue weighted by molar-refractivity contribution is 5.76. The lowest BCUT2D eigenvalue weighted by molar-refractivity contribution is 0.508. The second kappa shape index (κ2) is 5.61. The number of hydrogen-bond donors (Lipinski definition) is 1. The molecule has 21 heavy (non-hydrogen) atoms. The van der Waals surface area contributed by atoms with E-state index in [0.717, 1.165) is 30.8 Å². The smallest absolute Gasteiger partial charge is 0.227 e. The zero-order chi connectivity index (χ0) is 14.8. The Morgan fingerprint density at radius 1 is 1.10 bits per heavy atom. The quantitative estimate of drug-likeness (QED) is 0.791. The number of halogens is 2. The van der Waals surface area contributed by atoms with Gasteiger partial charge >= 0.3 is 0 Å². The lowest BCUT2D eigenvalue weighted by Crippen LogP contribution is -2.11. The van der Waals surface area contributed by atoms with Gasteiger partial charge in [-0.1, -0.05) is 13.0 Å². The summed E-state index contributed by atoms with van der Waals surface area (Å²) in [6.45, 7) is 3.67. The third-order valence-corrected chi connectivity index (χ3v) is 3.20. The van der Waals surface area contributed by atoms with Gasteiger partial charge in [-0.2, -0.15) is 0 Å². The summed E-state index contributed by atoms with van der Waals surface area (Å²) in [5.74, 6) is -1.52. The van der Waals surface area contributed by atoms with Crippen molar-refractivity contribution in [2.45, 2.75) is 13.5 Å². The number of fused-ring (bicyclic) bond motifs is 1. The van der Waals surface area contributed by atoms with Crippen LogP contribution in [0.4, 0.5) is 8.78 Å². The van der Waals surface area contributed by atoms with Gasteiger partial charge in [0, 0.05) is 12.1 Å². The summed E-state index contributed by atoms with van der Waals surface area (Å²) in [5, 5.41) is 3.23. The number of rotatable bonds is 4. The Morgan fingerprint density at radius 2 is 1.95 bits per heavy atom. The molecule has 5 heteroatoms. The molecule has 3 aromatic rings. The van der Waals surface area contributed by atoms with Crippen LogP contribution in [-0.4, -0.2) is 11.5 Å². The highest BCUT2D eigenvalue weighted by Crippen LogP contribution is 2.26. The molecule has 0 bridgehead atoms. The fourth-order valence-corrected chi connectivity index (χ4v) is 2.10. The monoisotopic (exact) mass is 288 g/mol. The van der Waals surface area contributed by atoms with Gasteiger partial charge in [-0.15, -0.1) is 0 Å². The lowest BCUT2D eigenvalue weighted by Gasteiger charge is -2.00. The summed E-state index contributed by atoms with van der Waals surface area (Å²) in [7, 11) is 0. The SMILES string of the molecule is CCNCc1ccc2oc(-c3ccc(F)c(F)c3)nc2c1. The van der Waals surface area contributed by atoms with E-state index >= 15 is 0 Å². The average molecular weight is 288 g/mol. The van der Waals surface area contributed by atoms with Crippen molar-refractivity contribution in [3.05, 3.63) is 53.6 Å². The maximum atomic E-state index is 13.3. The number of nitrogens with zero attached hydrogens (tertiary/aromatic N) is 1. The Hall–Kier alpha value is -2.27. The second-order valence-corrected chi connectivity index (χ2v) is 4.73. The molecule has 1 aromatic heterocycles. The minimum atomic E-state index is -0.914. The van der Waals surface area contributed by atoms with Gasteiger partial charge in [0.1, 0.15) is 5.52 Å². The molecule has 0 atom stereocenters. The zero-order valence-corrected chi connectivity index (χ0v) is 11.5. The molecule has 0 radical (unpaired) electrons. The number of nitrogens with one attached hydrogen (secondary N) is 1. The number of oxazole rings is 1. The van der Waals surface area contributed by atoms with E-state index in [1.165, 1.54) is 6.07 Å². The van der Waals surface area contributed by atoms with Crippen molar-refractivity contribution >= 4 is 11.1 Å². The Kier molecular flexibility index (Phi) is 3.66. The second-order valence-electron chi connectivity index (χ2n) is 4.73. The molecule has 0 unspecified atom stereocenters. The van der Waals surface area contributed by atoms with Crippen LogP contribution in [0.2, 0.25) is 0 Å². The fourth-order valence-electron chi connectivity index (χ4n) is 2.10. The molecular weight excluding hydrogens is 274 g/mol. The Morgan fingerprint density at radius 3 is 2.71 bits per heavy atom. The summed E-state index contributed by atoms with van der Waals surface area (Å²) in [6, 6.07) is 9.30. The van der Waals surface area contributed by atoms with Crippen molar-refractivity contribution < 1.29 is 13.2 Å². The van der Waals surface area contributed by atoms with E-state index in [4.69, 9.17) is 4.42 Å². The molecule has 1 N–H and O–H groups in total. The van der Waals surface area contributed by atoms with Gasteiger partial charge in [-0.3, -0.25) is 0 Å². The van der Waals surface area contributed by atoms with E-state index in [2.05, 4.69) is 10.3 Å². The molecule has 0 saturated heterocycles. The van der Waals surface area contributed by atoms with E-state index < -0.39 is 11.6 Å². The standard InChI is InChI=1S/C16H14F2N2O/c1-2-19-9-10-3-6-15-14(7-10)20-16(21-15)11-4-5-12(17)13(18)8-11/h3-8,19H,2,9H2,1H3. The van der Waals surface area contributed by atoms with Crippen molar-refractivity contribution in [2.24, 2.45) is 0 Å². The third kappa shape index (κ3) is 2.78. The van der Waals surface area contributed by atoms with Gasteiger partial charge in [0.2, 0.25) is 5.89 Å². The summed E-state index contributed by atoms with van der Waals surface area (Å²) in [4.78, 5) is 4.34. The minimum absolute atomic E-state index is 0.282. The molecule has 3 rings (SSSR count). The van der Waals surface area contributed by atoms with Gasteiger partial charge in [0.15, 0.2) is 17.2 Å². The van der Waals surface area contributed by atoms with Crippen LogP contribution >= 0.6 is 0 Å². The van der Waals surface area contributed by atoms with Gasteiger partial charge < -0.3 is 9.73 Å². The first-order valence-electron chi connectivity index (χ1n) is 6.73. The Balaban J connectivity index is 1.98. The van der Waals surface area contributed by atoms with Gasteiger partial charge in [0.05, 0.1) is 0 Å². The molecule has 0 aliphatic rings. The van der Waals surface area contributed by atoms with Crippen molar-refractivity contribution in [3.63, 3.8) is 0 Å². The summed E-state index contributed by atoms with van der Waals surface area (Å²) < 4.78 is 31.8. The molecule has 0 fully saturated rings. The first-order valence-corrected chi connectivity index (χ1v) is 6.73. The number of hydrogen-bond acceptors (Lipinski definition) is 3. The molecule has 3 nitrogen and oxygen atoms in total. The largest absolute Gasteiger partial charge is 0.436 e. The highest BCUT2D eigenvalue weighted by atomic mass is 19.2. The molecule has 108 valence electrons. The molecule has 0 amide bonds. The summed E-state index contributed by atoms with van der Waals surface area (Å²) in [5.41, 5.74) is 2.83. The summed E-state index contributed by atoms with van der Waals surface area (Å²) in [6.07, 6.45) is 0. The van der Waals surface area contributed by atoms with Crippen LogP contribution in [0.15, 0.2) is 40.8 Å². The van der Waals surface area contributed by atoms with Crippen LogP contribution < -0.4 is 5.32 Å². The predicted octanol–water partition coefficient (Wildman–Crippen LogP) is 3.88. The molecule has 2 aromatic carbocycles. The van der Waals surface area contributed by atoms with E-state index in [1.807, 2.05) is 25.1 Å². The van der Waals surface area contributed by atoms with E-state index in [9.17, 15) is 8.78 Å². The third-order valence-electron chi connectivity index (χ3n) is 3.20. The zero-order valence-electron chi connectivity index (χ0n) is 11.5. The van der Waals surface area contributed by atoms with Crippen molar-refractivity contribution in [2.75, 3.05) is 6.54 Å². The Bertz CT molecular complexity index is 783. The normalized spacial score (nSPS) is 11.2. The number of benzene rings is 2. The van der Waals surface area contributed by atoms with Crippen LogP contribution in [0.25, 0.3) is 22.6 Å². The van der Waals surface area contributed by atoms with Crippen LogP contribution in [-0.2, 0) is 6.54 Å². The van der Waals surface area contributed by atoms with E-state index in [0.29, 0.717) is 16.7 Å². The first kappa shape index (κ1) is 13.7. The molecule has 0 saturated carbocycles. The topological polar surface area (TPSA) is 38.1 Å². The van der Waals surface area contributed by atoms with Crippen molar-refractivity contribution in [1.29, 1.82) is 0 Å². The van der Waals surface area contributed by atoms with Crippen molar-refractivity contribution in [3.8, 4) is 11.5 Å². The van der Waals surface area contributed by atoms with Crippen LogP contribution in [0.1, 0.15) is 12.5 Å². The molecule has 0 spiro atoms. The lowest BCUT2D eigenvalue weighted by atomic mass is 10.2. The molecular formula is C16H14F2N2O. The fraction of sp³-hybridized carbons (Fsp3) is 0.188. The average Bonchev–Trinajstić information content (AvgIpc) is 2.91. The maximum Gasteiger partial charge on any atom is 0.227 e. The molecule has 0 aliphatic heterocycles. The molecule has 0 aliphatic carbocycles. The summed E-state index contributed by atoms with van der Waals surface area (Å²) >= 11 is 0. The number of aromatic nitrogens is 1. The van der Waals surface area contributed by atoms with Crippen LogP contribution in [0.3, 0.4) is 0 Å². The van der Waals surface area contributed by atoms with Gasteiger partial charge in [-0.25, -0.2) is 13.8 Å². The predicted molar refractivity (Wildman–Crippen MR) is 76.7 cm³/mol. The van der Waals surface area contributed by atoms with E-state index in [1.54, 1.807) is 0 Å². The Labute approximate surface area is 120 Å². The molecule has 1 heterocycles. The van der Waals surface area contributed by atoms with Crippen molar-refractivity contribution in [1.82, 2.24) is 10.3 Å². The highest BCUT2D eigenvalue weighted by Gasteiger charge is 2.11. The van der Waals surface area contributed by atoms with E-state index in [-0.39, 0.29) is 5.89 Å². The van der Waals surface area contributed by atoms with Crippen LogP contribution in [0, 0.1) is 11.6 Å². The maximum absolute atomic E-state index is 13.3. The first-order chi connectivity index (χ1) is 10.2.